The summed E-state index contributed by atoms with van der Waals surface area (Å²) in [7, 11) is 1.57. The van der Waals surface area contributed by atoms with E-state index in [0.717, 1.165) is 5.56 Å². The van der Waals surface area contributed by atoms with Gasteiger partial charge in [-0.3, -0.25) is 19.2 Å². The molecule has 1 saturated heterocycles. The fourth-order valence-corrected chi connectivity index (χ4v) is 4.54. The highest BCUT2D eigenvalue weighted by molar-refractivity contribution is 7.77. The highest BCUT2D eigenvalue weighted by Gasteiger charge is 2.44. The van der Waals surface area contributed by atoms with Crippen LogP contribution in [-0.4, -0.2) is 68.6 Å². The first kappa shape index (κ1) is 33.3. The summed E-state index contributed by atoms with van der Waals surface area (Å²) >= 11 is 3.62. The predicted octanol–water partition coefficient (Wildman–Crippen LogP) is 1.87. The van der Waals surface area contributed by atoms with Crippen LogP contribution in [0, 0.1) is 11.8 Å². The average Bonchev–Trinajstić information content (AvgIpc) is 2.91. The Kier molecular flexibility index (Phi) is 14.2. The Balaban J connectivity index is 2.03. The molecule has 0 bridgehead atoms. The Morgan fingerprint density at radius 3 is 2.35 bits per heavy atom. The lowest BCUT2D eigenvalue weighted by molar-refractivity contribution is -0.265. The molecule has 224 valence electrons. The fourth-order valence-electron chi connectivity index (χ4n) is 4.44. The summed E-state index contributed by atoms with van der Waals surface area (Å²) in [6.07, 6.45) is -0.272. The van der Waals surface area contributed by atoms with Gasteiger partial charge in [0.15, 0.2) is 6.29 Å². The first-order chi connectivity index (χ1) is 19.0. The second-order valence-electron chi connectivity index (χ2n) is 9.78. The van der Waals surface area contributed by atoms with E-state index in [9.17, 15) is 19.2 Å². The number of amides is 2. The van der Waals surface area contributed by atoms with Gasteiger partial charge in [-0.1, -0.05) is 43.7 Å². The SMILES string of the molecule is COc1ccc(CC(NC(C)=O)C(=O)NCC2OC(OCCCCC(=O)ONS)C(C)[C@@H](C)[C@H]2OC(C)=O)cc1. The molecule has 13 heteroatoms. The van der Waals surface area contributed by atoms with Crippen molar-refractivity contribution in [3.8, 4) is 5.75 Å². The molecule has 3 N–H and O–H groups in total. The Morgan fingerprint density at radius 1 is 1.05 bits per heavy atom. The number of esters is 1. The molecule has 1 aliphatic heterocycles. The van der Waals surface area contributed by atoms with Crippen LogP contribution in [0.4, 0.5) is 0 Å². The van der Waals surface area contributed by atoms with Crippen LogP contribution in [0.15, 0.2) is 24.3 Å². The molecule has 0 aromatic heterocycles. The molecule has 4 unspecified atom stereocenters. The van der Waals surface area contributed by atoms with Crippen molar-refractivity contribution in [3.05, 3.63) is 29.8 Å². The normalized spacial score (nSPS) is 23.0. The number of carbonyl (C=O) groups excluding carboxylic acids is 4. The quantitative estimate of drug-likeness (QED) is 0.104. The maximum absolute atomic E-state index is 13.2. The van der Waals surface area contributed by atoms with E-state index >= 15 is 0 Å². The molecular formula is C27H41N3O9S. The number of thiol groups is 1. The van der Waals surface area contributed by atoms with E-state index in [1.165, 1.54) is 13.8 Å². The number of methoxy groups -OCH3 is 1. The van der Waals surface area contributed by atoms with Gasteiger partial charge < -0.3 is 34.4 Å². The van der Waals surface area contributed by atoms with Crippen molar-refractivity contribution in [1.82, 2.24) is 15.5 Å². The largest absolute Gasteiger partial charge is 0.497 e. The number of nitrogens with one attached hydrogen (secondary N) is 3. The van der Waals surface area contributed by atoms with Gasteiger partial charge in [0.2, 0.25) is 11.8 Å². The molecule has 1 fully saturated rings. The smallest absolute Gasteiger partial charge is 0.325 e. The van der Waals surface area contributed by atoms with Gasteiger partial charge in [-0.25, -0.2) is 0 Å². The Labute approximate surface area is 240 Å². The molecule has 40 heavy (non-hydrogen) atoms. The molecule has 1 aromatic carbocycles. The summed E-state index contributed by atoms with van der Waals surface area (Å²) in [4.78, 5) is 54.9. The number of ether oxygens (including phenoxy) is 4. The molecule has 6 atom stereocenters. The first-order valence-electron chi connectivity index (χ1n) is 13.3. The first-order valence-corrected chi connectivity index (χ1v) is 13.7. The monoisotopic (exact) mass is 583 g/mol. The molecule has 0 spiro atoms. The van der Waals surface area contributed by atoms with Crippen LogP contribution in [0.2, 0.25) is 0 Å². The van der Waals surface area contributed by atoms with Crippen LogP contribution >= 0.6 is 12.8 Å². The molecule has 1 aromatic rings. The van der Waals surface area contributed by atoms with Gasteiger partial charge in [-0.2, -0.15) is 0 Å². The van der Waals surface area contributed by atoms with Gasteiger partial charge in [0.25, 0.3) is 0 Å². The lowest BCUT2D eigenvalue weighted by Gasteiger charge is -2.44. The zero-order valence-corrected chi connectivity index (χ0v) is 24.5. The second-order valence-corrected chi connectivity index (χ2v) is 9.96. The molecule has 1 heterocycles. The molecule has 2 rings (SSSR count). The van der Waals surface area contributed by atoms with Gasteiger partial charge in [0.05, 0.1) is 7.11 Å². The molecule has 0 aliphatic carbocycles. The second kappa shape index (κ2) is 17.1. The third kappa shape index (κ3) is 11.0. The molecular weight excluding hydrogens is 542 g/mol. The lowest BCUT2D eigenvalue weighted by atomic mass is 9.84. The van der Waals surface area contributed by atoms with Crippen LogP contribution in [-0.2, 0) is 44.6 Å². The van der Waals surface area contributed by atoms with E-state index in [2.05, 4.69) is 28.3 Å². The summed E-state index contributed by atoms with van der Waals surface area (Å²) in [6.45, 7) is 6.93. The lowest BCUT2D eigenvalue weighted by Crippen LogP contribution is -2.57. The van der Waals surface area contributed by atoms with Crippen molar-refractivity contribution in [2.24, 2.45) is 11.8 Å². The van der Waals surface area contributed by atoms with Crippen molar-refractivity contribution < 1.29 is 43.0 Å². The summed E-state index contributed by atoms with van der Waals surface area (Å²) < 4.78 is 22.9. The van der Waals surface area contributed by atoms with E-state index in [0.29, 0.717) is 25.2 Å². The third-order valence-electron chi connectivity index (χ3n) is 6.74. The minimum absolute atomic E-state index is 0.0367. The van der Waals surface area contributed by atoms with Crippen molar-refractivity contribution >= 4 is 36.6 Å². The van der Waals surface area contributed by atoms with Crippen LogP contribution in [0.1, 0.15) is 52.5 Å². The Hall–Kier alpha value is -2.87. The number of carbonyl (C=O) groups is 4. The minimum Gasteiger partial charge on any atom is -0.497 e. The van der Waals surface area contributed by atoms with Crippen molar-refractivity contribution in [3.63, 3.8) is 0 Å². The highest BCUT2D eigenvalue weighted by Crippen LogP contribution is 2.33. The maximum atomic E-state index is 13.2. The topological polar surface area (TPSA) is 151 Å². The summed E-state index contributed by atoms with van der Waals surface area (Å²) in [6, 6.07) is 6.39. The zero-order chi connectivity index (χ0) is 29.7. The third-order valence-corrected chi connectivity index (χ3v) is 6.83. The molecule has 2 amide bonds. The van der Waals surface area contributed by atoms with Gasteiger partial charge in [0, 0.05) is 51.7 Å². The molecule has 1 aliphatic rings. The van der Waals surface area contributed by atoms with Crippen molar-refractivity contribution in [1.29, 1.82) is 0 Å². The average molecular weight is 584 g/mol. The number of unbranched alkanes of at least 4 members (excludes halogenated alkanes) is 1. The zero-order valence-electron chi connectivity index (χ0n) is 23.6. The standard InChI is InChI=1S/C27H41N3O9S/c1-16-17(2)27(36-13-7-6-8-24(33)39-30-40)38-23(25(16)37-19(4)32)15-28-26(34)22(29-18(3)31)14-20-9-11-21(35-5)12-10-20/h9-12,16-17,22-23,25,27,30,40H,6-8,13-15H2,1-5H3,(H,28,34)(H,29,31)/t16-,17?,22?,23?,25-,27?/m1/s1. The van der Waals surface area contributed by atoms with E-state index in [4.69, 9.17) is 18.9 Å². The van der Waals surface area contributed by atoms with Crippen molar-refractivity contribution in [2.75, 3.05) is 20.3 Å². The van der Waals surface area contributed by atoms with Crippen LogP contribution in [0.5, 0.6) is 5.75 Å². The van der Waals surface area contributed by atoms with Gasteiger partial charge in [0.1, 0.15) is 24.0 Å². The van der Waals surface area contributed by atoms with E-state index in [-0.39, 0.29) is 37.1 Å². The van der Waals surface area contributed by atoms with Crippen LogP contribution in [0.3, 0.4) is 0 Å². The van der Waals surface area contributed by atoms with Gasteiger partial charge in [-0.05, 0) is 30.5 Å². The van der Waals surface area contributed by atoms with Gasteiger partial charge in [-0.15, -0.1) is 0 Å². The van der Waals surface area contributed by atoms with Crippen LogP contribution < -0.4 is 20.3 Å². The summed E-state index contributed by atoms with van der Waals surface area (Å²) in [5.74, 6) is -1.18. The molecule has 12 nitrogen and oxygen atoms in total. The summed E-state index contributed by atoms with van der Waals surface area (Å²) in [5.41, 5.74) is 0.840. The Bertz CT molecular complexity index is 979. The molecule has 0 saturated carbocycles. The number of hydrogen-bond acceptors (Lipinski definition) is 11. The van der Waals surface area contributed by atoms with E-state index in [1.807, 2.05) is 30.9 Å². The van der Waals surface area contributed by atoms with Crippen LogP contribution in [0.25, 0.3) is 0 Å². The van der Waals surface area contributed by atoms with E-state index < -0.39 is 42.4 Å². The number of rotatable bonds is 15. The summed E-state index contributed by atoms with van der Waals surface area (Å²) in [5, 5.41) is 5.54. The van der Waals surface area contributed by atoms with Crippen molar-refractivity contribution in [2.45, 2.75) is 77.9 Å². The number of hydrogen-bond donors (Lipinski definition) is 4. The van der Waals surface area contributed by atoms with Gasteiger partial charge >= 0.3 is 11.9 Å². The highest BCUT2D eigenvalue weighted by atomic mass is 32.1. The predicted molar refractivity (Wildman–Crippen MR) is 148 cm³/mol. The number of benzene rings is 1. The van der Waals surface area contributed by atoms with E-state index in [1.54, 1.807) is 19.2 Å². The maximum Gasteiger partial charge on any atom is 0.325 e. The fraction of sp³-hybridized carbons (Fsp3) is 0.630. The Morgan fingerprint density at radius 2 is 1.75 bits per heavy atom. The minimum atomic E-state index is -0.825. The molecule has 0 radical (unpaired) electrons.